The lowest BCUT2D eigenvalue weighted by Crippen LogP contribution is -2.46. The Bertz CT molecular complexity index is 573. The van der Waals surface area contributed by atoms with Gasteiger partial charge in [-0.2, -0.15) is 0 Å². The van der Waals surface area contributed by atoms with Crippen molar-refractivity contribution in [2.75, 3.05) is 25.2 Å². The highest BCUT2D eigenvalue weighted by Gasteiger charge is 2.38. The number of methoxy groups -OCH3 is 1. The van der Waals surface area contributed by atoms with Crippen molar-refractivity contribution in [1.82, 2.24) is 0 Å². The number of morpholine rings is 1. The van der Waals surface area contributed by atoms with Gasteiger partial charge in [0.05, 0.1) is 42.9 Å². The summed E-state index contributed by atoms with van der Waals surface area (Å²) in [6.45, 7) is 1.24. The summed E-state index contributed by atoms with van der Waals surface area (Å²) < 4.78 is 10.2. The van der Waals surface area contributed by atoms with Gasteiger partial charge in [0.2, 0.25) is 0 Å². The van der Waals surface area contributed by atoms with E-state index in [-0.39, 0.29) is 23.3 Å². The topological polar surface area (TPSA) is 81.9 Å². The molecule has 112 valence electrons. The van der Waals surface area contributed by atoms with Crippen molar-refractivity contribution in [2.24, 2.45) is 0 Å². The summed E-state index contributed by atoms with van der Waals surface area (Å²) >= 11 is 0. The van der Waals surface area contributed by atoms with Gasteiger partial charge in [-0.25, -0.2) is 4.79 Å². The van der Waals surface area contributed by atoms with Crippen LogP contribution >= 0.6 is 0 Å². The van der Waals surface area contributed by atoms with Crippen molar-refractivity contribution in [3.05, 3.63) is 33.9 Å². The summed E-state index contributed by atoms with van der Waals surface area (Å²) in [7, 11) is 1.26. The first-order chi connectivity index (χ1) is 10.1. The first-order valence-corrected chi connectivity index (χ1v) is 6.84. The highest BCUT2D eigenvalue weighted by molar-refractivity contribution is 5.91. The average molecular weight is 292 g/mol. The highest BCUT2D eigenvalue weighted by atomic mass is 16.6. The molecule has 7 nitrogen and oxygen atoms in total. The number of anilines is 1. The van der Waals surface area contributed by atoms with E-state index >= 15 is 0 Å². The summed E-state index contributed by atoms with van der Waals surface area (Å²) in [5.74, 6) is -0.569. The Morgan fingerprint density at radius 3 is 2.57 bits per heavy atom. The van der Waals surface area contributed by atoms with Crippen molar-refractivity contribution in [3.8, 4) is 0 Å². The van der Waals surface area contributed by atoms with Gasteiger partial charge in [0.15, 0.2) is 0 Å². The maximum absolute atomic E-state index is 11.7. The highest BCUT2D eigenvalue weighted by Crippen LogP contribution is 2.36. The van der Waals surface area contributed by atoms with Gasteiger partial charge in [-0.1, -0.05) is 0 Å². The maximum atomic E-state index is 11.7. The monoisotopic (exact) mass is 292 g/mol. The molecule has 0 aliphatic carbocycles. The van der Waals surface area contributed by atoms with Crippen LogP contribution in [-0.2, 0) is 9.47 Å². The number of non-ortho nitro benzene ring substituents is 1. The van der Waals surface area contributed by atoms with E-state index in [1.807, 2.05) is 0 Å². The quantitative estimate of drug-likeness (QED) is 0.479. The van der Waals surface area contributed by atoms with Crippen molar-refractivity contribution in [2.45, 2.75) is 24.9 Å². The molecule has 2 fully saturated rings. The largest absolute Gasteiger partial charge is 0.465 e. The molecule has 2 atom stereocenters. The molecule has 2 saturated heterocycles. The third-order valence-electron chi connectivity index (χ3n) is 4.07. The van der Waals surface area contributed by atoms with Crippen LogP contribution in [0.1, 0.15) is 23.2 Å². The molecule has 1 aromatic carbocycles. The standard InChI is InChI=1S/C14H16N2O5/c1-20-14(17)9-4-12(6-13(5-9)16(18)19)15-10-2-3-11(15)8-21-7-10/h4-6,10-11H,2-3,7-8H2,1H3. The summed E-state index contributed by atoms with van der Waals surface area (Å²) in [4.78, 5) is 24.5. The fourth-order valence-electron chi connectivity index (χ4n) is 3.14. The zero-order valence-electron chi connectivity index (χ0n) is 11.7. The third kappa shape index (κ3) is 2.44. The molecule has 2 aliphatic heterocycles. The van der Waals surface area contributed by atoms with E-state index in [0.29, 0.717) is 18.9 Å². The van der Waals surface area contributed by atoms with Crippen molar-refractivity contribution < 1.29 is 19.2 Å². The molecule has 0 amide bonds. The Morgan fingerprint density at radius 2 is 2.00 bits per heavy atom. The molecule has 21 heavy (non-hydrogen) atoms. The van der Waals surface area contributed by atoms with Gasteiger partial charge in [0.1, 0.15) is 0 Å². The second-order valence-electron chi connectivity index (χ2n) is 5.32. The van der Waals surface area contributed by atoms with Crippen LogP contribution in [0, 0.1) is 10.1 Å². The van der Waals surface area contributed by atoms with Crippen LogP contribution in [0.4, 0.5) is 11.4 Å². The number of nitrogens with zero attached hydrogens (tertiary/aromatic N) is 2. The van der Waals surface area contributed by atoms with Gasteiger partial charge in [-0.3, -0.25) is 10.1 Å². The van der Waals surface area contributed by atoms with Crippen LogP contribution in [0.5, 0.6) is 0 Å². The molecular weight excluding hydrogens is 276 g/mol. The minimum absolute atomic E-state index is 0.0983. The molecule has 0 spiro atoms. The van der Waals surface area contributed by atoms with E-state index in [0.717, 1.165) is 12.8 Å². The molecule has 2 bridgehead atoms. The average Bonchev–Trinajstić information content (AvgIpc) is 2.75. The van der Waals surface area contributed by atoms with Crippen LogP contribution in [-0.4, -0.2) is 43.3 Å². The van der Waals surface area contributed by atoms with Crippen LogP contribution in [0.25, 0.3) is 0 Å². The Balaban J connectivity index is 2.03. The van der Waals surface area contributed by atoms with Crippen molar-refractivity contribution in [3.63, 3.8) is 0 Å². The Hall–Kier alpha value is -2.15. The van der Waals surface area contributed by atoms with Gasteiger partial charge in [-0.15, -0.1) is 0 Å². The summed E-state index contributed by atoms with van der Waals surface area (Å²) in [5, 5.41) is 11.1. The summed E-state index contributed by atoms with van der Waals surface area (Å²) in [6.07, 6.45) is 2.00. The number of hydrogen-bond acceptors (Lipinski definition) is 6. The minimum atomic E-state index is -0.569. The number of carbonyl (C=O) groups excluding carboxylic acids is 1. The number of ether oxygens (including phenoxy) is 2. The lowest BCUT2D eigenvalue weighted by molar-refractivity contribution is -0.384. The first-order valence-electron chi connectivity index (χ1n) is 6.84. The van der Waals surface area contributed by atoms with E-state index in [1.54, 1.807) is 6.07 Å². The van der Waals surface area contributed by atoms with Crippen molar-refractivity contribution >= 4 is 17.3 Å². The van der Waals surface area contributed by atoms with Crippen LogP contribution < -0.4 is 4.90 Å². The van der Waals surface area contributed by atoms with E-state index in [1.165, 1.54) is 19.2 Å². The Labute approximate surface area is 121 Å². The maximum Gasteiger partial charge on any atom is 0.338 e. The first kappa shape index (κ1) is 13.8. The van der Waals surface area contributed by atoms with Gasteiger partial charge < -0.3 is 14.4 Å². The zero-order valence-corrected chi connectivity index (χ0v) is 11.7. The number of carbonyl (C=O) groups is 1. The summed E-state index contributed by atoms with van der Waals surface area (Å²) in [6, 6.07) is 4.86. The van der Waals surface area contributed by atoms with E-state index in [9.17, 15) is 14.9 Å². The SMILES string of the molecule is COC(=O)c1cc(N2C3CCC2COC3)cc([N+](=O)[O-])c1. The molecular formula is C14H16N2O5. The number of hydrogen-bond donors (Lipinski definition) is 0. The Kier molecular flexibility index (Phi) is 3.50. The Morgan fingerprint density at radius 1 is 1.33 bits per heavy atom. The third-order valence-corrected chi connectivity index (χ3v) is 4.07. The number of nitro benzene ring substituents is 1. The molecule has 2 aliphatic rings. The van der Waals surface area contributed by atoms with Gasteiger partial charge in [0.25, 0.3) is 5.69 Å². The minimum Gasteiger partial charge on any atom is -0.465 e. The molecule has 0 saturated carbocycles. The summed E-state index contributed by atoms with van der Waals surface area (Å²) in [5.41, 5.74) is 0.798. The van der Waals surface area contributed by atoms with Crippen LogP contribution in [0.3, 0.4) is 0 Å². The molecule has 3 rings (SSSR count). The molecule has 2 unspecified atom stereocenters. The van der Waals surface area contributed by atoms with Crippen molar-refractivity contribution in [1.29, 1.82) is 0 Å². The second-order valence-corrected chi connectivity index (χ2v) is 5.32. The molecule has 1 aromatic rings. The normalized spacial score (nSPS) is 24.0. The van der Waals surface area contributed by atoms with Gasteiger partial charge in [-0.05, 0) is 18.9 Å². The predicted octanol–water partition coefficient (Wildman–Crippen LogP) is 1.75. The molecule has 0 radical (unpaired) electrons. The molecule has 7 heteroatoms. The smallest absolute Gasteiger partial charge is 0.338 e. The lowest BCUT2D eigenvalue weighted by atomic mass is 10.1. The van der Waals surface area contributed by atoms with E-state index in [2.05, 4.69) is 9.64 Å². The number of fused-ring (bicyclic) bond motifs is 2. The number of esters is 1. The predicted molar refractivity (Wildman–Crippen MR) is 74.5 cm³/mol. The lowest BCUT2D eigenvalue weighted by Gasteiger charge is -2.36. The van der Waals surface area contributed by atoms with E-state index in [4.69, 9.17) is 4.74 Å². The molecule has 2 heterocycles. The fourth-order valence-corrected chi connectivity index (χ4v) is 3.14. The van der Waals surface area contributed by atoms with Crippen LogP contribution in [0.15, 0.2) is 18.2 Å². The van der Waals surface area contributed by atoms with Gasteiger partial charge >= 0.3 is 5.97 Å². The van der Waals surface area contributed by atoms with E-state index < -0.39 is 10.9 Å². The molecule has 0 aromatic heterocycles. The van der Waals surface area contributed by atoms with Gasteiger partial charge in [0, 0.05) is 17.8 Å². The van der Waals surface area contributed by atoms with Crippen LogP contribution in [0.2, 0.25) is 0 Å². The number of rotatable bonds is 3. The fraction of sp³-hybridized carbons (Fsp3) is 0.500. The zero-order chi connectivity index (χ0) is 15.0. The number of nitro groups is 1. The number of benzene rings is 1. The second kappa shape index (κ2) is 5.33. The molecule has 0 N–H and O–H groups in total.